The van der Waals surface area contributed by atoms with Gasteiger partial charge in [0.05, 0.1) is 6.61 Å². The lowest BCUT2D eigenvalue weighted by Gasteiger charge is -2.57. The molecule has 2 heterocycles. The van der Waals surface area contributed by atoms with E-state index in [9.17, 15) is 15.0 Å². The van der Waals surface area contributed by atoms with Crippen LogP contribution in [0.1, 0.15) is 81.3 Å². The third kappa shape index (κ3) is 4.71. The Morgan fingerprint density at radius 3 is 2.39 bits per heavy atom. The summed E-state index contributed by atoms with van der Waals surface area (Å²) in [5.74, 6) is 7.07. The molecular weight excluding hydrogens is 412 g/mol. The summed E-state index contributed by atoms with van der Waals surface area (Å²) in [5.41, 5.74) is 1.32. The van der Waals surface area contributed by atoms with Gasteiger partial charge < -0.3 is 15.1 Å². The number of aliphatic hydroxyl groups excluding tert-OH is 1. The van der Waals surface area contributed by atoms with Crippen molar-refractivity contribution in [2.45, 2.75) is 87.8 Å². The van der Waals surface area contributed by atoms with Crippen molar-refractivity contribution in [3.8, 4) is 11.8 Å². The number of fused-ring (bicyclic) bond motifs is 1. The standard InChI is InChI=1S/C28H38N2O3/c31-20-25-26(22-11-9-21(10-12-22)13-16-28(33)14-3-4-15-28)24-19-29(17-5-6-18-30(24)25)27(32)23-7-1-2-8-23/h9-12,23-26,31,33H,1-8,14-15,17-20H2/t24-,25+,26+/m0/s1. The minimum absolute atomic E-state index is 0.118. The molecule has 0 spiro atoms. The number of nitrogens with zero attached hydrogens (tertiary/aromatic N) is 2. The van der Waals surface area contributed by atoms with E-state index in [2.05, 4.69) is 33.8 Å². The topological polar surface area (TPSA) is 64.0 Å². The second kappa shape index (κ2) is 9.78. The van der Waals surface area contributed by atoms with Crippen LogP contribution >= 0.6 is 0 Å². The van der Waals surface area contributed by atoms with Crippen molar-refractivity contribution in [3.63, 3.8) is 0 Å². The summed E-state index contributed by atoms with van der Waals surface area (Å²) in [6, 6.07) is 8.74. The first-order valence-electron chi connectivity index (χ1n) is 13.1. The van der Waals surface area contributed by atoms with E-state index in [-0.39, 0.29) is 30.5 Å². The van der Waals surface area contributed by atoms with Gasteiger partial charge in [0.15, 0.2) is 0 Å². The first-order valence-corrected chi connectivity index (χ1v) is 13.1. The lowest BCUT2D eigenvalue weighted by atomic mass is 9.74. The summed E-state index contributed by atoms with van der Waals surface area (Å²) < 4.78 is 0. The molecule has 5 nitrogen and oxygen atoms in total. The van der Waals surface area contributed by atoms with E-state index in [4.69, 9.17) is 0 Å². The zero-order chi connectivity index (χ0) is 22.8. The molecule has 1 amide bonds. The van der Waals surface area contributed by atoms with Gasteiger partial charge in [0.1, 0.15) is 5.60 Å². The van der Waals surface area contributed by atoms with Gasteiger partial charge in [-0.05, 0) is 75.6 Å². The van der Waals surface area contributed by atoms with Crippen molar-refractivity contribution in [3.05, 3.63) is 35.4 Å². The number of carbonyl (C=O) groups is 1. The average molecular weight is 451 g/mol. The lowest BCUT2D eigenvalue weighted by Crippen LogP contribution is -2.68. The molecule has 178 valence electrons. The molecule has 4 aliphatic rings. The van der Waals surface area contributed by atoms with E-state index in [1.807, 2.05) is 12.1 Å². The van der Waals surface area contributed by atoms with Crippen LogP contribution in [0.5, 0.6) is 0 Å². The van der Waals surface area contributed by atoms with Gasteiger partial charge in [-0.15, -0.1) is 0 Å². The van der Waals surface area contributed by atoms with Crippen LogP contribution in [0.25, 0.3) is 0 Å². The van der Waals surface area contributed by atoms with Crippen molar-refractivity contribution in [2.24, 2.45) is 5.92 Å². The Kier molecular flexibility index (Phi) is 6.79. The highest BCUT2D eigenvalue weighted by molar-refractivity contribution is 5.79. The van der Waals surface area contributed by atoms with E-state index in [0.717, 1.165) is 76.6 Å². The number of hydrogen-bond acceptors (Lipinski definition) is 4. The molecule has 4 fully saturated rings. The molecule has 2 saturated carbocycles. The fourth-order valence-electron chi connectivity index (χ4n) is 6.63. The van der Waals surface area contributed by atoms with Gasteiger partial charge in [-0.1, -0.05) is 36.8 Å². The molecule has 3 atom stereocenters. The van der Waals surface area contributed by atoms with Gasteiger partial charge in [-0.2, -0.15) is 0 Å². The van der Waals surface area contributed by atoms with Crippen LogP contribution < -0.4 is 0 Å². The van der Waals surface area contributed by atoms with Crippen LogP contribution in [0.4, 0.5) is 0 Å². The molecule has 0 radical (unpaired) electrons. The Morgan fingerprint density at radius 2 is 1.70 bits per heavy atom. The van der Waals surface area contributed by atoms with Crippen LogP contribution in [0, 0.1) is 17.8 Å². The van der Waals surface area contributed by atoms with E-state index in [1.165, 1.54) is 18.4 Å². The minimum atomic E-state index is -0.816. The number of aliphatic hydroxyl groups is 2. The van der Waals surface area contributed by atoms with Crippen molar-refractivity contribution >= 4 is 5.91 Å². The molecule has 0 aromatic heterocycles. The zero-order valence-corrected chi connectivity index (χ0v) is 19.7. The second-order valence-electron chi connectivity index (χ2n) is 10.7. The van der Waals surface area contributed by atoms with Gasteiger partial charge in [0.25, 0.3) is 0 Å². The van der Waals surface area contributed by atoms with Gasteiger partial charge in [-0.25, -0.2) is 0 Å². The van der Waals surface area contributed by atoms with Crippen LogP contribution in [-0.2, 0) is 4.79 Å². The summed E-state index contributed by atoms with van der Waals surface area (Å²) in [7, 11) is 0. The monoisotopic (exact) mass is 450 g/mol. The van der Waals surface area contributed by atoms with E-state index >= 15 is 0 Å². The molecule has 2 aliphatic carbocycles. The van der Waals surface area contributed by atoms with Crippen LogP contribution in [-0.4, -0.2) is 69.8 Å². The van der Waals surface area contributed by atoms with Crippen molar-refractivity contribution in [1.82, 2.24) is 9.80 Å². The predicted octanol–water partition coefficient (Wildman–Crippen LogP) is 3.28. The molecular formula is C28H38N2O3. The summed E-state index contributed by atoms with van der Waals surface area (Å²) in [4.78, 5) is 17.8. The average Bonchev–Trinajstić information content (AvgIpc) is 3.50. The molecule has 33 heavy (non-hydrogen) atoms. The van der Waals surface area contributed by atoms with E-state index < -0.39 is 5.60 Å². The number of hydrogen-bond donors (Lipinski definition) is 2. The fraction of sp³-hybridized carbons (Fsp3) is 0.679. The summed E-state index contributed by atoms with van der Waals surface area (Å²) in [5, 5.41) is 20.7. The first-order chi connectivity index (χ1) is 16.1. The molecule has 2 saturated heterocycles. The Balaban J connectivity index is 1.32. The highest BCUT2D eigenvalue weighted by atomic mass is 16.3. The minimum Gasteiger partial charge on any atom is -0.395 e. The Labute approximate surface area is 198 Å². The molecule has 1 aromatic carbocycles. The molecule has 2 aliphatic heterocycles. The van der Waals surface area contributed by atoms with E-state index in [0.29, 0.717) is 5.91 Å². The summed E-state index contributed by atoms with van der Waals surface area (Å²) in [6.07, 6.45) is 10.2. The summed E-state index contributed by atoms with van der Waals surface area (Å²) >= 11 is 0. The number of benzene rings is 1. The molecule has 2 N–H and O–H groups in total. The summed E-state index contributed by atoms with van der Waals surface area (Å²) in [6.45, 7) is 2.78. The largest absolute Gasteiger partial charge is 0.395 e. The highest BCUT2D eigenvalue weighted by Crippen LogP contribution is 2.42. The Hall–Kier alpha value is -1.87. The van der Waals surface area contributed by atoms with Crippen LogP contribution in [0.3, 0.4) is 0 Å². The van der Waals surface area contributed by atoms with Crippen LogP contribution in [0.2, 0.25) is 0 Å². The van der Waals surface area contributed by atoms with Gasteiger partial charge in [0.2, 0.25) is 5.91 Å². The Bertz CT molecular complexity index is 890. The number of amides is 1. The van der Waals surface area contributed by atoms with Crippen molar-refractivity contribution < 1.29 is 15.0 Å². The number of rotatable bonds is 3. The maximum atomic E-state index is 13.2. The molecule has 1 aromatic rings. The SMILES string of the molecule is O=C(C1CCCC1)N1CCCCN2[C@H](CO)[C@H](c3ccc(C#CC4(O)CCCC4)cc3)[C@@H]2C1. The molecule has 5 heteroatoms. The highest BCUT2D eigenvalue weighted by Gasteiger charge is 2.49. The van der Waals surface area contributed by atoms with Crippen LogP contribution in [0.15, 0.2) is 24.3 Å². The fourth-order valence-corrected chi connectivity index (χ4v) is 6.63. The third-order valence-electron chi connectivity index (χ3n) is 8.55. The maximum absolute atomic E-state index is 13.2. The first kappa shape index (κ1) is 22.9. The quantitative estimate of drug-likeness (QED) is 0.694. The van der Waals surface area contributed by atoms with Crippen molar-refractivity contribution in [2.75, 3.05) is 26.2 Å². The third-order valence-corrected chi connectivity index (χ3v) is 8.55. The molecule has 5 rings (SSSR count). The van der Waals surface area contributed by atoms with Crippen molar-refractivity contribution in [1.29, 1.82) is 0 Å². The van der Waals surface area contributed by atoms with E-state index in [1.54, 1.807) is 0 Å². The van der Waals surface area contributed by atoms with Gasteiger partial charge in [-0.3, -0.25) is 9.69 Å². The molecule has 0 bridgehead atoms. The zero-order valence-electron chi connectivity index (χ0n) is 19.7. The normalized spacial score (nSPS) is 30.0. The maximum Gasteiger partial charge on any atom is 0.225 e. The molecule has 0 unspecified atom stereocenters. The predicted molar refractivity (Wildman–Crippen MR) is 129 cm³/mol. The number of carbonyl (C=O) groups excluding carboxylic acids is 1. The second-order valence-corrected chi connectivity index (χ2v) is 10.7. The van der Waals surface area contributed by atoms with Gasteiger partial charge in [0, 0.05) is 42.6 Å². The Morgan fingerprint density at radius 1 is 1.00 bits per heavy atom. The van der Waals surface area contributed by atoms with Gasteiger partial charge >= 0.3 is 0 Å². The smallest absolute Gasteiger partial charge is 0.225 e. The lowest BCUT2D eigenvalue weighted by molar-refractivity contribution is -0.140.